The molecule has 0 saturated heterocycles. The van der Waals surface area contributed by atoms with Crippen LogP contribution in [0.1, 0.15) is 36.7 Å². The number of benzene rings is 3. The van der Waals surface area contributed by atoms with E-state index in [1.54, 1.807) is 31.2 Å². The standard InChI is InChI=1S/C26H25Cl2N3O3/c1-15(2)29-25(33)16(3)30(13-17-10-11-20(27)21(28)12-17)23(32)14-31-22-9-5-7-18-6-4-8-19(24(18)22)26(31)34/h4-12,15-16H,13-14H2,1-3H3,(H,29,33)/t16-/m1/s1. The summed E-state index contributed by atoms with van der Waals surface area (Å²) in [6, 6.07) is 15.4. The van der Waals surface area contributed by atoms with Crippen molar-refractivity contribution in [3.63, 3.8) is 0 Å². The highest BCUT2D eigenvalue weighted by atomic mass is 35.5. The van der Waals surface area contributed by atoms with E-state index < -0.39 is 6.04 Å². The van der Waals surface area contributed by atoms with Gasteiger partial charge < -0.3 is 10.2 Å². The summed E-state index contributed by atoms with van der Waals surface area (Å²) in [4.78, 5) is 42.5. The highest BCUT2D eigenvalue weighted by Gasteiger charge is 2.34. The number of halogens is 2. The molecule has 1 atom stereocenters. The summed E-state index contributed by atoms with van der Waals surface area (Å²) in [6.07, 6.45) is 0. The Bertz CT molecular complexity index is 1290. The maximum absolute atomic E-state index is 13.6. The molecule has 8 heteroatoms. The van der Waals surface area contributed by atoms with Crippen LogP contribution in [0.4, 0.5) is 5.69 Å². The van der Waals surface area contributed by atoms with Crippen LogP contribution in [0.3, 0.4) is 0 Å². The Morgan fingerprint density at radius 1 is 1.00 bits per heavy atom. The van der Waals surface area contributed by atoms with Gasteiger partial charge in [0.15, 0.2) is 0 Å². The van der Waals surface area contributed by atoms with E-state index in [2.05, 4.69) is 5.32 Å². The molecule has 3 aromatic rings. The van der Waals surface area contributed by atoms with E-state index in [0.717, 1.165) is 16.3 Å². The maximum Gasteiger partial charge on any atom is 0.259 e. The normalized spacial score (nSPS) is 13.5. The van der Waals surface area contributed by atoms with Crippen LogP contribution in [-0.2, 0) is 16.1 Å². The van der Waals surface area contributed by atoms with E-state index in [1.165, 1.54) is 9.80 Å². The summed E-state index contributed by atoms with van der Waals surface area (Å²) in [5.74, 6) is -0.855. The molecule has 1 N–H and O–H groups in total. The predicted molar refractivity (Wildman–Crippen MR) is 135 cm³/mol. The minimum absolute atomic E-state index is 0.0795. The van der Waals surface area contributed by atoms with Gasteiger partial charge in [0.05, 0.1) is 15.7 Å². The van der Waals surface area contributed by atoms with Gasteiger partial charge in [-0.05, 0) is 56.0 Å². The van der Waals surface area contributed by atoms with Crippen LogP contribution in [-0.4, -0.2) is 41.2 Å². The third-order valence-corrected chi connectivity index (χ3v) is 6.62. The summed E-state index contributed by atoms with van der Waals surface area (Å²) in [5, 5.41) is 5.40. The highest BCUT2D eigenvalue weighted by molar-refractivity contribution is 6.42. The molecule has 34 heavy (non-hydrogen) atoms. The molecule has 0 fully saturated rings. The smallest absolute Gasteiger partial charge is 0.259 e. The zero-order valence-electron chi connectivity index (χ0n) is 19.1. The summed E-state index contributed by atoms with van der Waals surface area (Å²) in [6.45, 7) is 5.34. The average Bonchev–Trinajstić information content (AvgIpc) is 3.06. The van der Waals surface area contributed by atoms with E-state index in [4.69, 9.17) is 23.2 Å². The molecule has 1 aliphatic rings. The third-order valence-electron chi connectivity index (χ3n) is 5.88. The van der Waals surface area contributed by atoms with Gasteiger partial charge in [0.25, 0.3) is 5.91 Å². The molecule has 1 heterocycles. The Kier molecular flexibility index (Phi) is 6.82. The Hall–Kier alpha value is -3.09. The minimum Gasteiger partial charge on any atom is -0.352 e. The molecule has 176 valence electrons. The maximum atomic E-state index is 13.6. The number of carbonyl (C=O) groups is 3. The van der Waals surface area contributed by atoms with Gasteiger partial charge in [0, 0.05) is 23.5 Å². The zero-order valence-corrected chi connectivity index (χ0v) is 20.7. The number of nitrogens with one attached hydrogen (secondary N) is 1. The molecule has 0 bridgehead atoms. The fourth-order valence-corrected chi connectivity index (χ4v) is 4.51. The lowest BCUT2D eigenvalue weighted by atomic mass is 10.1. The summed E-state index contributed by atoms with van der Waals surface area (Å²) in [7, 11) is 0. The molecular formula is C26H25Cl2N3O3. The van der Waals surface area contributed by atoms with Crippen LogP contribution in [0.5, 0.6) is 0 Å². The molecule has 6 nitrogen and oxygen atoms in total. The number of amides is 3. The number of carbonyl (C=O) groups excluding carboxylic acids is 3. The second kappa shape index (κ2) is 9.65. The molecule has 0 spiro atoms. The Morgan fingerprint density at radius 2 is 1.71 bits per heavy atom. The molecule has 0 saturated carbocycles. The van der Waals surface area contributed by atoms with Crippen LogP contribution in [0.25, 0.3) is 10.8 Å². The van der Waals surface area contributed by atoms with Crippen molar-refractivity contribution in [2.24, 2.45) is 0 Å². The Balaban J connectivity index is 1.64. The van der Waals surface area contributed by atoms with Crippen LogP contribution >= 0.6 is 23.2 Å². The summed E-state index contributed by atoms with van der Waals surface area (Å²) in [5.41, 5.74) is 1.99. The largest absolute Gasteiger partial charge is 0.352 e. The molecule has 3 aromatic carbocycles. The number of rotatable bonds is 7. The highest BCUT2D eigenvalue weighted by Crippen LogP contribution is 2.37. The molecule has 1 aliphatic heterocycles. The van der Waals surface area contributed by atoms with Gasteiger partial charge in [-0.2, -0.15) is 0 Å². The van der Waals surface area contributed by atoms with Crippen molar-refractivity contribution in [2.45, 2.75) is 39.4 Å². The van der Waals surface area contributed by atoms with Crippen molar-refractivity contribution in [1.82, 2.24) is 10.2 Å². The molecule has 0 radical (unpaired) electrons. The molecular weight excluding hydrogens is 473 g/mol. The van der Waals surface area contributed by atoms with Crippen molar-refractivity contribution in [3.8, 4) is 0 Å². The first-order chi connectivity index (χ1) is 16.2. The number of nitrogens with zero attached hydrogens (tertiary/aromatic N) is 2. The lowest BCUT2D eigenvalue weighted by molar-refractivity contribution is -0.139. The van der Waals surface area contributed by atoms with Crippen LogP contribution in [0.15, 0.2) is 54.6 Å². The fraction of sp³-hybridized carbons (Fsp3) is 0.269. The summed E-state index contributed by atoms with van der Waals surface area (Å²) < 4.78 is 0. The van der Waals surface area contributed by atoms with Crippen LogP contribution in [0.2, 0.25) is 10.0 Å². The van der Waals surface area contributed by atoms with Gasteiger partial charge in [-0.1, -0.05) is 53.5 Å². The SMILES string of the molecule is CC(C)NC(=O)[C@@H](C)N(Cc1ccc(Cl)c(Cl)c1)C(=O)CN1C(=O)c2cccc3cccc1c23. The first kappa shape index (κ1) is 24.0. The topological polar surface area (TPSA) is 69.7 Å². The molecule has 4 rings (SSSR count). The van der Waals surface area contributed by atoms with Gasteiger partial charge >= 0.3 is 0 Å². The second-order valence-electron chi connectivity index (χ2n) is 8.68. The van der Waals surface area contributed by atoms with Crippen molar-refractivity contribution in [1.29, 1.82) is 0 Å². The Morgan fingerprint density at radius 3 is 2.38 bits per heavy atom. The van der Waals surface area contributed by atoms with Crippen LogP contribution < -0.4 is 10.2 Å². The first-order valence-electron chi connectivity index (χ1n) is 11.0. The van der Waals surface area contributed by atoms with Gasteiger partial charge in [0.1, 0.15) is 12.6 Å². The third kappa shape index (κ3) is 4.61. The number of hydrogen-bond donors (Lipinski definition) is 1. The zero-order chi connectivity index (χ0) is 24.6. The van der Waals surface area contributed by atoms with Gasteiger partial charge in [0.2, 0.25) is 11.8 Å². The monoisotopic (exact) mass is 497 g/mol. The quantitative estimate of drug-likeness (QED) is 0.496. The van der Waals surface area contributed by atoms with E-state index in [-0.39, 0.29) is 36.9 Å². The lowest BCUT2D eigenvalue weighted by Crippen LogP contribution is -2.51. The molecule has 3 amide bonds. The lowest BCUT2D eigenvalue weighted by Gasteiger charge is -2.31. The van der Waals surface area contributed by atoms with Crippen molar-refractivity contribution in [2.75, 3.05) is 11.4 Å². The van der Waals surface area contributed by atoms with Gasteiger partial charge in [-0.3, -0.25) is 19.3 Å². The Labute approximate surface area is 208 Å². The number of anilines is 1. The van der Waals surface area contributed by atoms with Crippen molar-refractivity contribution >= 4 is 57.4 Å². The average molecular weight is 498 g/mol. The van der Waals surface area contributed by atoms with Crippen LogP contribution in [0, 0.1) is 0 Å². The van der Waals surface area contributed by atoms with Gasteiger partial charge in [-0.25, -0.2) is 0 Å². The summed E-state index contributed by atoms with van der Waals surface area (Å²) >= 11 is 12.2. The van der Waals surface area contributed by atoms with E-state index in [0.29, 0.717) is 21.3 Å². The van der Waals surface area contributed by atoms with E-state index in [1.807, 2.05) is 44.2 Å². The number of hydrogen-bond acceptors (Lipinski definition) is 3. The van der Waals surface area contributed by atoms with E-state index in [9.17, 15) is 14.4 Å². The van der Waals surface area contributed by atoms with E-state index >= 15 is 0 Å². The fourth-order valence-electron chi connectivity index (χ4n) is 4.18. The van der Waals surface area contributed by atoms with Gasteiger partial charge in [-0.15, -0.1) is 0 Å². The van der Waals surface area contributed by atoms with Crippen molar-refractivity contribution < 1.29 is 14.4 Å². The molecule has 0 unspecified atom stereocenters. The second-order valence-corrected chi connectivity index (χ2v) is 9.50. The first-order valence-corrected chi connectivity index (χ1v) is 11.8. The molecule has 0 aromatic heterocycles. The molecule has 0 aliphatic carbocycles. The predicted octanol–water partition coefficient (Wildman–Crippen LogP) is 5.05. The van der Waals surface area contributed by atoms with Crippen molar-refractivity contribution in [3.05, 3.63) is 75.8 Å². The minimum atomic E-state index is -0.764.